The first-order valence-corrected chi connectivity index (χ1v) is 7.10. The monoisotopic (exact) mass is 322 g/mol. The standard InChI is InChI=1S/C14H14N2O5S/c1-19-10-5-9(6-11(7-10)20-2)13(18)21-8-12(17)16-14-15-3-4-22-14/h3-7H,8H2,1-2H3,(H,15,16,17). The average molecular weight is 322 g/mol. The summed E-state index contributed by atoms with van der Waals surface area (Å²) >= 11 is 1.28. The summed E-state index contributed by atoms with van der Waals surface area (Å²) in [6, 6.07) is 4.64. The highest BCUT2D eigenvalue weighted by atomic mass is 32.1. The summed E-state index contributed by atoms with van der Waals surface area (Å²) in [4.78, 5) is 27.5. The maximum Gasteiger partial charge on any atom is 0.338 e. The third kappa shape index (κ3) is 4.19. The number of ether oxygens (including phenoxy) is 3. The predicted octanol–water partition coefficient (Wildman–Crippen LogP) is 1.96. The van der Waals surface area contributed by atoms with E-state index in [0.29, 0.717) is 16.6 Å². The minimum Gasteiger partial charge on any atom is -0.497 e. The first kappa shape index (κ1) is 15.8. The fourth-order valence-electron chi connectivity index (χ4n) is 1.58. The number of hydrogen-bond donors (Lipinski definition) is 1. The van der Waals surface area contributed by atoms with Crippen molar-refractivity contribution in [2.45, 2.75) is 0 Å². The molecule has 0 atom stereocenters. The second kappa shape index (κ2) is 7.41. The molecule has 2 rings (SSSR count). The van der Waals surface area contributed by atoms with Gasteiger partial charge in [0.1, 0.15) is 11.5 Å². The van der Waals surface area contributed by atoms with E-state index in [9.17, 15) is 9.59 Å². The third-order valence-corrected chi connectivity index (χ3v) is 3.29. The van der Waals surface area contributed by atoms with Gasteiger partial charge in [-0.05, 0) is 12.1 Å². The summed E-state index contributed by atoms with van der Waals surface area (Å²) < 4.78 is 15.1. The van der Waals surface area contributed by atoms with Crippen LogP contribution >= 0.6 is 11.3 Å². The molecule has 0 spiro atoms. The molecule has 0 saturated heterocycles. The van der Waals surface area contributed by atoms with Gasteiger partial charge >= 0.3 is 5.97 Å². The number of anilines is 1. The lowest BCUT2D eigenvalue weighted by molar-refractivity contribution is -0.119. The summed E-state index contributed by atoms with van der Waals surface area (Å²) in [6.45, 7) is -0.405. The van der Waals surface area contributed by atoms with E-state index in [-0.39, 0.29) is 5.56 Å². The highest BCUT2D eigenvalue weighted by Crippen LogP contribution is 2.23. The topological polar surface area (TPSA) is 86.8 Å². The number of hydrogen-bond acceptors (Lipinski definition) is 7. The Morgan fingerprint density at radius 3 is 2.41 bits per heavy atom. The quantitative estimate of drug-likeness (QED) is 0.818. The normalized spacial score (nSPS) is 9.91. The molecule has 0 bridgehead atoms. The number of methoxy groups -OCH3 is 2. The summed E-state index contributed by atoms with van der Waals surface area (Å²) in [5.41, 5.74) is 0.234. The van der Waals surface area contributed by atoms with Crippen LogP contribution in [0, 0.1) is 0 Å². The Kier molecular flexibility index (Phi) is 5.31. The molecule has 116 valence electrons. The van der Waals surface area contributed by atoms with Crippen LogP contribution in [-0.4, -0.2) is 37.7 Å². The summed E-state index contributed by atoms with van der Waals surface area (Å²) in [6.07, 6.45) is 1.56. The van der Waals surface area contributed by atoms with E-state index in [1.165, 1.54) is 37.7 Å². The van der Waals surface area contributed by atoms with E-state index in [0.717, 1.165) is 0 Å². The van der Waals surface area contributed by atoms with Crippen LogP contribution < -0.4 is 14.8 Å². The van der Waals surface area contributed by atoms with Crippen molar-refractivity contribution in [2.24, 2.45) is 0 Å². The van der Waals surface area contributed by atoms with Gasteiger partial charge in [-0.1, -0.05) is 0 Å². The number of carbonyl (C=O) groups is 2. The van der Waals surface area contributed by atoms with Gasteiger partial charge < -0.3 is 14.2 Å². The number of aromatic nitrogens is 1. The number of carbonyl (C=O) groups excluding carboxylic acids is 2. The molecule has 0 aliphatic rings. The van der Waals surface area contributed by atoms with E-state index in [1.807, 2.05) is 0 Å². The highest BCUT2D eigenvalue weighted by molar-refractivity contribution is 7.13. The molecule has 8 heteroatoms. The van der Waals surface area contributed by atoms with E-state index >= 15 is 0 Å². The Balaban J connectivity index is 1.95. The zero-order valence-corrected chi connectivity index (χ0v) is 12.8. The van der Waals surface area contributed by atoms with Crippen LogP contribution in [0.15, 0.2) is 29.8 Å². The molecule has 0 radical (unpaired) electrons. The molecule has 0 fully saturated rings. The smallest absolute Gasteiger partial charge is 0.338 e. The molecular weight excluding hydrogens is 308 g/mol. The molecule has 0 aliphatic carbocycles. The number of nitrogens with zero attached hydrogens (tertiary/aromatic N) is 1. The zero-order valence-electron chi connectivity index (χ0n) is 12.0. The van der Waals surface area contributed by atoms with Gasteiger partial charge in [-0.2, -0.15) is 0 Å². The number of rotatable bonds is 6. The number of esters is 1. The van der Waals surface area contributed by atoms with E-state index in [4.69, 9.17) is 14.2 Å². The van der Waals surface area contributed by atoms with Gasteiger partial charge in [-0.15, -0.1) is 11.3 Å². The molecule has 1 heterocycles. The molecule has 1 amide bonds. The van der Waals surface area contributed by atoms with Crippen molar-refractivity contribution >= 4 is 28.3 Å². The number of thiazole rings is 1. The van der Waals surface area contributed by atoms with E-state index < -0.39 is 18.5 Å². The fraction of sp³-hybridized carbons (Fsp3) is 0.214. The van der Waals surface area contributed by atoms with Crippen molar-refractivity contribution in [2.75, 3.05) is 26.1 Å². The Morgan fingerprint density at radius 2 is 1.86 bits per heavy atom. The van der Waals surface area contributed by atoms with Gasteiger partial charge in [0.15, 0.2) is 11.7 Å². The van der Waals surface area contributed by atoms with Gasteiger partial charge in [-0.25, -0.2) is 9.78 Å². The molecule has 7 nitrogen and oxygen atoms in total. The molecule has 22 heavy (non-hydrogen) atoms. The molecule has 1 aromatic carbocycles. The Morgan fingerprint density at radius 1 is 1.18 bits per heavy atom. The van der Waals surface area contributed by atoms with Crippen LogP contribution in [0.4, 0.5) is 5.13 Å². The van der Waals surface area contributed by atoms with Crippen molar-refractivity contribution in [3.63, 3.8) is 0 Å². The highest BCUT2D eigenvalue weighted by Gasteiger charge is 2.13. The van der Waals surface area contributed by atoms with Gasteiger partial charge in [0.2, 0.25) is 0 Å². The Bertz CT molecular complexity index is 635. The van der Waals surface area contributed by atoms with Gasteiger partial charge in [0.05, 0.1) is 19.8 Å². The van der Waals surface area contributed by atoms with Gasteiger partial charge in [0.25, 0.3) is 5.91 Å². The van der Waals surface area contributed by atoms with Crippen LogP contribution in [0.5, 0.6) is 11.5 Å². The van der Waals surface area contributed by atoms with E-state index in [2.05, 4.69) is 10.3 Å². The lowest BCUT2D eigenvalue weighted by Crippen LogP contribution is -2.20. The largest absolute Gasteiger partial charge is 0.497 e. The molecular formula is C14H14N2O5S. The molecule has 2 aromatic rings. The molecule has 0 saturated carbocycles. The minimum atomic E-state index is -0.647. The average Bonchev–Trinajstić information content (AvgIpc) is 3.04. The van der Waals surface area contributed by atoms with Crippen molar-refractivity contribution in [3.05, 3.63) is 35.3 Å². The van der Waals surface area contributed by atoms with Crippen molar-refractivity contribution in [1.82, 2.24) is 4.98 Å². The predicted molar refractivity (Wildman–Crippen MR) is 80.6 cm³/mol. The van der Waals surface area contributed by atoms with Crippen molar-refractivity contribution in [3.8, 4) is 11.5 Å². The zero-order chi connectivity index (χ0) is 15.9. The maximum atomic E-state index is 12.0. The van der Waals surface area contributed by atoms with Crippen molar-refractivity contribution in [1.29, 1.82) is 0 Å². The Labute approximate surface area is 130 Å². The number of benzene rings is 1. The fourth-order valence-corrected chi connectivity index (χ4v) is 2.13. The summed E-state index contributed by atoms with van der Waals surface area (Å²) in [5.74, 6) is -0.193. The van der Waals surface area contributed by atoms with Crippen LogP contribution in [0.25, 0.3) is 0 Å². The number of amides is 1. The van der Waals surface area contributed by atoms with Gasteiger partial charge in [-0.3, -0.25) is 10.1 Å². The molecule has 1 N–H and O–H groups in total. The van der Waals surface area contributed by atoms with Gasteiger partial charge in [0, 0.05) is 17.6 Å². The molecule has 1 aromatic heterocycles. The maximum absolute atomic E-state index is 12.0. The van der Waals surface area contributed by atoms with E-state index in [1.54, 1.807) is 17.6 Å². The summed E-state index contributed by atoms with van der Waals surface area (Å²) in [7, 11) is 2.96. The SMILES string of the molecule is COc1cc(OC)cc(C(=O)OCC(=O)Nc2nccs2)c1. The second-order valence-electron chi connectivity index (χ2n) is 4.06. The van der Waals surface area contributed by atoms with Crippen LogP contribution in [-0.2, 0) is 9.53 Å². The minimum absolute atomic E-state index is 0.234. The third-order valence-electron chi connectivity index (χ3n) is 2.60. The summed E-state index contributed by atoms with van der Waals surface area (Å²) in [5, 5.41) is 4.69. The lowest BCUT2D eigenvalue weighted by atomic mass is 10.2. The molecule has 0 aliphatic heterocycles. The van der Waals surface area contributed by atoms with Crippen LogP contribution in [0.3, 0.4) is 0 Å². The second-order valence-corrected chi connectivity index (χ2v) is 4.96. The van der Waals surface area contributed by atoms with Crippen LogP contribution in [0.2, 0.25) is 0 Å². The lowest BCUT2D eigenvalue weighted by Gasteiger charge is -2.08. The Hall–Kier alpha value is -2.61. The molecule has 0 unspecified atom stereocenters. The first-order valence-electron chi connectivity index (χ1n) is 6.22. The first-order chi connectivity index (χ1) is 10.6. The number of nitrogens with one attached hydrogen (secondary N) is 1. The van der Waals surface area contributed by atoms with Crippen LogP contribution in [0.1, 0.15) is 10.4 Å². The van der Waals surface area contributed by atoms with Crippen molar-refractivity contribution < 1.29 is 23.8 Å².